The number of carbonyl (C=O) groups is 1. The first kappa shape index (κ1) is 17.3. The third-order valence-electron chi connectivity index (χ3n) is 5.73. The summed E-state index contributed by atoms with van der Waals surface area (Å²) in [5, 5.41) is 0. The van der Waals surface area contributed by atoms with Gasteiger partial charge in [-0.05, 0) is 37.0 Å². The molecule has 0 N–H and O–H groups in total. The summed E-state index contributed by atoms with van der Waals surface area (Å²) >= 11 is 1.17. The van der Waals surface area contributed by atoms with Crippen molar-refractivity contribution in [2.45, 2.75) is 18.9 Å². The van der Waals surface area contributed by atoms with Gasteiger partial charge in [-0.25, -0.2) is 4.98 Å². The first-order valence-corrected chi connectivity index (χ1v) is 10.1. The second-order valence-corrected chi connectivity index (χ2v) is 7.74. The molecule has 0 spiro atoms. The Kier molecular flexibility index (Phi) is 4.31. The van der Waals surface area contributed by atoms with E-state index < -0.39 is 0 Å². The van der Waals surface area contributed by atoms with Gasteiger partial charge in [0.05, 0.1) is 24.9 Å². The lowest BCUT2D eigenvalue weighted by molar-refractivity contribution is 0.0712. The van der Waals surface area contributed by atoms with Gasteiger partial charge >= 0.3 is 0 Å². The summed E-state index contributed by atoms with van der Waals surface area (Å²) in [6.45, 7) is 2.42. The average Bonchev–Trinajstić information content (AvgIpc) is 3.39. The van der Waals surface area contributed by atoms with Crippen molar-refractivity contribution in [3.63, 3.8) is 0 Å². The lowest BCUT2D eigenvalue weighted by Crippen LogP contribution is -2.50. The fourth-order valence-corrected chi connectivity index (χ4v) is 4.77. The van der Waals surface area contributed by atoms with Crippen LogP contribution < -0.4 is 9.64 Å². The first-order chi connectivity index (χ1) is 13.7. The van der Waals surface area contributed by atoms with E-state index in [1.165, 1.54) is 11.7 Å². The van der Waals surface area contributed by atoms with E-state index in [2.05, 4.69) is 23.6 Å². The minimum absolute atomic E-state index is 0.0656. The van der Waals surface area contributed by atoms with Crippen molar-refractivity contribution in [1.82, 2.24) is 23.6 Å². The van der Waals surface area contributed by atoms with E-state index >= 15 is 0 Å². The average molecular weight is 396 g/mol. The van der Waals surface area contributed by atoms with Gasteiger partial charge in [-0.3, -0.25) is 4.79 Å². The highest BCUT2D eigenvalue weighted by atomic mass is 32.1. The number of amides is 1. The van der Waals surface area contributed by atoms with Crippen LogP contribution in [-0.4, -0.2) is 62.3 Å². The number of piperidine rings is 1. The molecule has 1 aromatic carbocycles. The van der Waals surface area contributed by atoms with Crippen molar-refractivity contribution >= 4 is 34.6 Å². The molecule has 2 fully saturated rings. The Morgan fingerprint density at radius 1 is 1.18 bits per heavy atom. The van der Waals surface area contributed by atoms with Crippen LogP contribution in [-0.2, 0) is 0 Å². The molecule has 3 aromatic rings. The summed E-state index contributed by atoms with van der Waals surface area (Å²) in [7, 11) is 1.60. The Balaban J connectivity index is 1.38. The molecule has 0 bridgehead atoms. The monoisotopic (exact) mass is 396 g/mol. The second kappa shape index (κ2) is 6.97. The minimum atomic E-state index is 0.0656. The van der Waals surface area contributed by atoms with Crippen LogP contribution in [0, 0.1) is 5.92 Å². The molecule has 2 aliphatic rings. The zero-order valence-corrected chi connectivity index (χ0v) is 16.3. The predicted octanol–water partition coefficient (Wildman–Crippen LogP) is 2.23. The minimum Gasteiger partial charge on any atom is -0.481 e. The molecule has 28 heavy (non-hydrogen) atoms. The maximum absolute atomic E-state index is 13.2. The van der Waals surface area contributed by atoms with E-state index in [1.807, 2.05) is 23.1 Å². The van der Waals surface area contributed by atoms with Gasteiger partial charge in [-0.15, -0.1) is 0 Å². The van der Waals surface area contributed by atoms with Crippen molar-refractivity contribution in [2.75, 3.05) is 31.6 Å². The molecule has 0 aliphatic carbocycles. The van der Waals surface area contributed by atoms with Crippen LogP contribution in [0.2, 0.25) is 0 Å². The molecule has 144 valence electrons. The van der Waals surface area contributed by atoms with E-state index in [9.17, 15) is 4.79 Å². The lowest BCUT2D eigenvalue weighted by atomic mass is 9.92. The molecule has 2 unspecified atom stereocenters. The molecule has 2 saturated heterocycles. The molecule has 9 heteroatoms. The summed E-state index contributed by atoms with van der Waals surface area (Å²) in [6, 6.07) is 7.48. The van der Waals surface area contributed by atoms with Gasteiger partial charge in [0.15, 0.2) is 0 Å². The zero-order chi connectivity index (χ0) is 19.1. The Labute approximate surface area is 166 Å². The second-order valence-electron chi connectivity index (χ2n) is 7.22. The van der Waals surface area contributed by atoms with Gasteiger partial charge in [-0.2, -0.15) is 13.7 Å². The summed E-state index contributed by atoms with van der Waals surface area (Å²) in [6.07, 6.45) is 3.79. The number of aromatic nitrogens is 4. The Bertz CT molecular complexity index is 1020. The van der Waals surface area contributed by atoms with Gasteiger partial charge in [0, 0.05) is 37.5 Å². The largest absolute Gasteiger partial charge is 0.481 e. The van der Waals surface area contributed by atoms with E-state index in [0.717, 1.165) is 43.5 Å². The molecule has 2 aromatic heterocycles. The topological polar surface area (TPSA) is 84.3 Å². The molecule has 1 amide bonds. The third-order valence-corrected chi connectivity index (χ3v) is 6.29. The number of methoxy groups -OCH3 is 1. The highest BCUT2D eigenvalue weighted by Crippen LogP contribution is 2.34. The van der Waals surface area contributed by atoms with Gasteiger partial charge < -0.3 is 14.5 Å². The standard InChI is InChI=1S/C19H20N6O2S/c1-27-17-4-7-20-19(21-17)24-8-5-12-6-9-25(16(12)11-24)18(26)13-2-3-14-15(10-13)23-28-22-14/h2-4,7,10,12,16H,5-6,8-9,11H2,1H3. The number of fused-ring (bicyclic) bond motifs is 2. The molecule has 8 nitrogen and oxygen atoms in total. The number of carbonyl (C=O) groups excluding carboxylic acids is 1. The Morgan fingerprint density at radius 3 is 2.93 bits per heavy atom. The van der Waals surface area contributed by atoms with Gasteiger partial charge in [0.1, 0.15) is 11.0 Å². The number of ether oxygens (including phenoxy) is 1. The van der Waals surface area contributed by atoms with Gasteiger partial charge in [0.2, 0.25) is 11.8 Å². The van der Waals surface area contributed by atoms with Gasteiger partial charge in [-0.1, -0.05) is 0 Å². The summed E-state index contributed by atoms with van der Waals surface area (Å²) in [5.41, 5.74) is 2.29. The van der Waals surface area contributed by atoms with Crippen LogP contribution in [0.25, 0.3) is 11.0 Å². The van der Waals surface area contributed by atoms with Gasteiger partial charge in [0.25, 0.3) is 5.91 Å². The third kappa shape index (κ3) is 2.95. The molecule has 2 atom stereocenters. The number of benzene rings is 1. The quantitative estimate of drug-likeness (QED) is 0.671. The Hall–Kier alpha value is -2.81. The van der Waals surface area contributed by atoms with Crippen LogP contribution in [0.1, 0.15) is 23.2 Å². The normalized spacial score (nSPS) is 21.8. The SMILES string of the molecule is COc1ccnc(N2CCC3CCN(C(=O)c4ccc5nsnc5c4)C3C2)n1. The smallest absolute Gasteiger partial charge is 0.254 e. The Morgan fingerprint density at radius 2 is 2.04 bits per heavy atom. The van der Waals surface area contributed by atoms with Crippen molar-refractivity contribution in [2.24, 2.45) is 5.92 Å². The van der Waals surface area contributed by atoms with Crippen molar-refractivity contribution in [3.8, 4) is 5.88 Å². The molecule has 0 radical (unpaired) electrons. The molecule has 5 rings (SSSR count). The fourth-order valence-electron chi connectivity index (χ4n) is 4.25. The number of anilines is 1. The van der Waals surface area contributed by atoms with E-state index in [4.69, 9.17) is 4.74 Å². The zero-order valence-electron chi connectivity index (χ0n) is 15.5. The van der Waals surface area contributed by atoms with Crippen LogP contribution in [0.3, 0.4) is 0 Å². The van der Waals surface area contributed by atoms with E-state index in [-0.39, 0.29) is 11.9 Å². The number of likely N-dealkylation sites (tertiary alicyclic amines) is 1. The number of rotatable bonds is 3. The maximum Gasteiger partial charge on any atom is 0.254 e. The van der Waals surface area contributed by atoms with Crippen LogP contribution in [0.5, 0.6) is 5.88 Å². The fraction of sp³-hybridized carbons (Fsp3) is 0.421. The lowest BCUT2D eigenvalue weighted by Gasteiger charge is -2.38. The molecular weight excluding hydrogens is 376 g/mol. The van der Waals surface area contributed by atoms with Crippen LogP contribution in [0.15, 0.2) is 30.5 Å². The number of nitrogens with zero attached hydrogens (tertiary/aromatic N) is 6. The number of hydrogen-bond donors (Lipinski definition) is 0. The highest BCUT2D eigenvalue weighted by Gasteiger charge is 2.41. The number of hydrogen-bond acceptors (Lipinski definition) is 8. The van der Waals surface area contributed by atoms with E-state index in [0.29, 0.717) is 23.3 Å². The molecule has 2 aliphatic heterocycles. The summed E-state index contributed by atoms with van der Waals surface area (Å²) < 4.78 is 13.7. The summed E-state index contributed by atoms with van der Waals surface area (Å²) in [4.78, 5) is 26.2. The summed E-state index contributed by atoms with van der Waals surface area (Å²) in [5.74, 6) is 1.80. The molecule has 4 heterocycles. The molecule has 0 saturated carbocycles. The van der Waals surface area contributed by atoms with Crippen LogP contribution in [0.4, 0.5) is 5.95 Å². The maximum atomic E-state index is 13.2. The van der Waals surface area contributed by atoms with Crippen molar-refractivity contribution < 1.29 is 9.53 Å². The van der Waals surface area contributed by atoms with Crippen molar-refractivity contribution in [1.29, 1.82) is 0 Å². The van der Waals surface area contributed by atoms with E-state index in [1.54, 1.807) is 19.4 Å². The first-order valence-electron chi connectivity index (χ1n) is 9.38. The molecular formula is C19H20N6O2S. The highest BCUT2D eigenvalue weighted by molar-refractivity contribution is 7.00. The van der Waals surface area contributed by atoms with Crippen LogP contribution >= 0.6 is 11.7 Å². The van der Waals surface area contributed by atoms with Crippen molar-refractivity contribution in [3.05, 3.63) is 36.0 Å². The predicted molar refractivity (Wildman–Crippen MR) is 106 cm³/mol.